The number of benzene rings is 2. The Bertz CT molecular complexity index is 748. The van der Waals surface area contributed by atoms with Crippen molar-refractivity contribution in [2.75, 3.05) is 4.72 Å². The summed E-state index contributed by atoms with van der Waals surface area (Å²) in [6.45, 7) is 1.81. The number of sulfonamides is 1. The molecule has 7 heteroatoms. The van der Waals surface area contributed by atoms with E-state index in [1.54, 1.807) is 6.07 Å². The quantitative estimate of drug-likeness (QED) is 0.863. The molecule has 106 valence electrons. The highest BCUT2D eigenvalue weighted by atomic mass is 79.9. The fourth-order valence-corrected chi connectivity index (χ4v) is 3.46. The summed E-state index contributed by atoms with van der Waals surface area (Å²) in [4.78, 5) is -0.0255. The average molecular weight is 379 g/mol. The van der Waals surface area contributed by atoms with E-state index in [2.05, 4.69) is 20.7 Å². The first-order chi connectivity index (χ1) is 9.29. The van der Waals surface area contributed by atoms with Crippen LogP contribution in [0.15, 0.2) is 45.8 Å². The van der Waals surface area contributed by atoms with Crippen molar-refractivity contribution in [1.82, 2.24) is 0 Å². The zero-order valence-electron chi connectivity index (χ0n) is 10.3. The van der Waals surface area contributed by atoms with E-state index >= 15 is 0 Å². The van der Waals surface area contributed by atoms with Gasteiger partial charge < -0.3 is 0 Å². The highest BCUT2D eigenvalue weighted by Gasteiger charge is 2.16. The summed E-state index contributed by atoms with van der Waals surface area (Å²) < 4.78 is 40.1. The molecular weight excluding hydrogens is 369 g/mol. The molecule has 0 saturated heterocycles. The van der Waals surface area contributed by atoms with Gasteiger partial charge in [0, 0.05) is 9.50 Å². The van der Waals surface area contributed by atoms with Crippen LogP contribution in [0.3, 0.4) is 0 Å². The second-order valence-corrected chi connectivity index (χ2v) is 7.08. The largest absolute Gasteiger partial charge is 0.278 e. The second-order valence-electron chi connectivity index (χ2n) is 4.14. The third kappa shape index (κ3) is 3.31. The minimum Gasteiger partial charge on any atom is -0.278 e. The van der Waals surface area contributed by atoms with Gasteiger partial charge in [-0.05, 0) is 64.8 Å². The summed E-state index contributed by atoms with van der Waals surface area (Å²) in [6.07, 6.45) is 0. The van der Waals surface area contributed by atoms with E-state index in [4.69, 9.17) is 11.6 Å². The molecule has 0 atom stereocenters. The van der Waals surface area contributed by atoms with Crippen molar-refractivity contribution in [2.24, 2.45) is 0 Å². The summed E-state index contributed by atoms with van der Waals surface area (Å²) >= 11 is 9.25. The third-order valence-corrected chi connectivity index (χ3v) is 5.06. The Morgan fingerprint density at radius 3 is 2.40 bits per heavy atom. The van der Waals surface area contributed by atoms with Gasteiger partial charge in [0.1, 0.15) is 5.82 Å². The minimum atomic E-state index is -3.79. The molecule has 20 heavy (non-hydrogen) atoms. The van der Waals surface area contributed by atoms with E-state index in [1.165, 1.54) is 18.2 Å². The summed E-state index contributed by atoms with van der Waals surface area (Å²) in [6, 6.07) is 7.80. The first-order valence-electron chi connectivity index (χ1n) is 5.53. The van der Waals surface area contributed by atoms with E-state index in [1.807, 2.05) is 6.92 Å². The lowest BCUT2D eigenvalue weighted by atomic mass is 10.2. The maximum absolute atomic E-state index is 12.8. The maximum atomic E-state index is 12.8. The van der Waals surface area contributed by atoms with E-state index in [0.717, 1.165) is 17.7 Å². The molecule has 2 aromatic carbocycles. The van der Waals surface area contributed by atoms with Crippen LogP contribution in [0, 0.1) is 12.7 Å². The SMILES string of the molecule is Cc1cc(Br)c(NS(=O)(=O)c2ccc(F)cc2)cc1Cl. The number of halogens is 3. The van der Waals surface area contributed by atoms with Crippen LogP contribution in [0.4, 0.5) is 10.1 Å². The molecule has 2 aromatic rings. The number of nitrogens with one attached hydrogen (secondary N) is 1. The van der Waals surface area contributed by atoms with E-state index in [-0.39, 0.29) is 4.90 Å². The molecular formula is C13H10BrClFNO2S. The normalized spacial score (nSPS) is 11.4. The Kier molecular flexibility index (Phi) is 4.36. The highest BCUT2D eigenvalue weighted by molar-refractivity contribution is 9.10. The molecule has 3 nitrogen and oxygen atoms in total. The monoisotopic (exact) mass is 377 g/mol. The van der Waals surface area contributed by atoms with Crippen molar-refractivity contribution in [3.05, 3.63) is 57.3 Å². The van der Waals surface area contributed by atoms with Crippen LogP contribution in [0.2, 0.25) is 5.02 Å². The van der Waals surface area contributed by atoms with Gasteiger partial charge in [0.2, 0.25) is 0 Å². The van der Waals surface area contributed by atoms with Crippen LogP contribution in [0.5, 0.6) is 0 Å². The minimum absolute atomic E-state index is 0.0255. The summed E-state index contributed by atoms with van der Waals surface area (Å²) in [5.41, 5.74) is 1.15. The fourth-order valence-electron chi connectivity index (χ4n) is 1.54. The zero-order chi connectivity index (χ0) is 14.9. The Morgan fingerprint density at radius 2 is 1.80 bits per heavy atom. The van der Waals surface area contributed by atoms with Gasteiger partial charge in [-0.25, -0.2) is 12.8 Å². The van der Waals surface area contributed by atoms with Gasteiger partial charge in [-0.3, -0.25) is 4.72 Å². The van der Waals surface area contributed by atoms with Crippen LogP contribution in [0.25, 0.3) is 0 Å². The predicted octanol–water partition coefficient (Wildman–Crippen LogP) is 4.35. The van der Waals surface area contributed by atoms with E-state index in [9.17, 15) is 12.8 Å². The molecule has 0 saturated carbocycles. The van der Waals surface area contributed by atoms with Gasteiger partial charge in [0.15, 0.2) is 0 Å². The Morgan fingerprint density at radius 1 is 1.20 bits per heavy atom. The number of anilines is 1. The molecule has 0 spiro atoms. The Hall–Kier alpha value is -1.11. The molecule has 0 aliphatic heterocycles. The molecule has 0 unspecified atom stereocenters. The molecule has 0 bridgehead atoms. The molecule has 1 N–H and O–H groups in total. The first-order valence-corrected chi connectivity index (χ1v) is 8.19. The first kappa shape index (κ1) is 15.3. The van der Waals surface area contributed by atoms with Crippen molar-refractivity contribution in [1.29, 1.82) is 0 Å². The lowest BCUT2D eigenvalue weighted by molar-refractivity contribution is 0.599. The van der Waals surface area contributed by atoms with E-state index in [0.29, 0.717) is 15.2 Å². The van der Waals surface area contributed by atoms with Crippen molar-refractivity contribution in [2.45, 2.75) is 11.8 Å². The third-order valence-electron chi connectivity index (χ3n) is 2.62. The van der Waals surface area contributed by atoms with Gasteiger partial charge in [0.05, 0.1) is 10.6 Å². The van der Waals surface area contributed by atoms with Crippen LogP contribution in [-0.4, -0.2) is 8.42 Å². The van der Waals surface area contributed by atoms with Gasteiger partial charge in [-0.15, -0.1) is 0 Å². The van der Waals surface area contributed by atoms with E-state index < -0.39 is 15.8 Å². The average Bonchev–Trinajstić information content (AvgIpc) is 2.36. The number of hydrogen-bond donors (Lipinski definition) is 1. The molecule has 0 aliphatic rings. The predicted molar refractivity (Wildman–Crippen MR) is 81.1 cm³/mol. The summed E-state index contributed by atoms with van der Waals surface area (Å²) in [7, 11) is -3.79. The molecule has 0 aromatic heterocycles. The molecule has 0 heterocycles. The van der Waals surface area contributed by atoms with Gasteiger partial charge in [-0.2, -0.15) is 0 Å². The van der Waals surface area contributed by atoms with Crippen LogP contribution < -0.4 is 4.72 Å². The smallest absolute Gasteiger partial charge is 0.261 e. The van der Waals surface area contributed by atoms with Crippen LogP contribution in [0.1, 0.15) is 5.56 Å². The Balaban J connectivity index is 2.38. The fraction of sp³-hybridized carbons (Fsp3) is 0.0769. The molecule has 0 radical (unpaired) electrons. The second kappa shape index (κ2) is 5.71. The molecule has 0 amide bonds. The number of aryl methyl sites for hydroxylation is 1. The maximum Gasteiger partial charge on any atom is 0.261 e. The summed E-state index contributed by atoms with van der Waals surface area (Å²) in [5.74, 6) is -0.497. The lowest BCUT2D eigenvalue weighted by Gasteiger charge is -2.11. The van der Waals surface area contributed by atoms with Crippen molar-refractivity contribution in [3.63, 3.8) is 0 Å². The topological polar surface area (TPSA) is 46.2 Å². The number of rotatable bonds is 3. The van der Waals surface area contributed by atoms with Crippen LogP contribution >= 0.6 is 27.5 Å². The van der Waals surface area contributed by atoms with Crippen molar-refractivity contribution < 1.29 is 12.8 Å². The standard InChI is InChI=1S/C13H10BrClFNO2S/c1-8-6-11(14)13(7-12(8)15)17-20(18,19)10-4-2-9(16)3-5-10/h2-7,17H,1H3. The van der Waals surface area contributed by atoms with Gasteiger partial charge in [0.25, 0.3) is 10.0 Å². The van der Waals surface area contributed by atoms with Crippen molar-refractivity contribution in [3.8, 4) is 0 Å². The van der Waals surface area contributed by atoms with Crippen LogP contribution in [-0.2, 0) is 10.0 Å². The molecule has 2 rings (SSSR count). The summed E-state index contributed by atoms with van der Waals surface area (Å²) in [5, 5.41) is 0.449. The van der Waals surface area contributed by atoms with Crippen molar-refractivity contribution >= 4 is 43.2 Å². The highest BCUT2D eigenvalue weighted by Crippen LogP contribution is 2.30. The van der Waals surface area contributed by atoms with Gasteiger partial charge >= 0.3 is 0 Å². The number of hydrogen-bond acceptors (Lipinski definition) is 2. The van der Waals surface area contributed by atoms with Gasteiger partial charge in [-0.1, -0.05) is 11.6 Å². The lowest BCUT2D eigenvalue weighted by Crippen LogP contribution is -2.13. The molecule has 0 fully saturated rings. The molecule has 0 aliphatic carbocycles. The Labute approximate surface area is 130 Å². The zero-order valence-corrected chi connectivity index (χ0v) is 13.5.